The number of nitrogens with two attached hydrogens (primary N) is 1. The smallest absolute Gasteiger partial charge is 0.241 e. The van der Waals surface area contributed by atoms with Crippen molar-refractivity contribution >= 4 is 22.4 Å². The zero-order chi connectivity index (χ0) is 15.8. The summed E-state index contributed by atoms with van der Waals surface area (Å²) in [5, 5.41) is 0. The van der Waals surface area contributed by atoms with Gasteiger partial charge in [-0.15, -0.1) is 12.4 Å². The number of aryl methyl sites for hydroxylation is 2. The summed E-state index contributed by atoms with van der Waals surface area (Å²) in [5.74, 6) is 0. The van der Waals surface area contributed by atoms with Crippen molar-refractivity contribution in [1.82, 2.24) is 4.72 Å². The second-order valence-electron chi connectivity index (χ2n) is 6.39. The van der Waals surface area contributed by atoms with Crippen LogP contribution in [0.1, 0.15) is 47.9 Å². The molecule has 0 aliphatic heterocycles. The lowest BCUT2D eigenvalue weighted by Gasteiger charge is -2.29. The van der Waals surface area contributed by atoms with Crippen molar-refractivity contribution in [3.8, 4) is 0 Å². The van der Waals surface area contributed by atoms with Gasteiger partial charge in [0.2, 0.25) is 10.0 Å². The SMILES string of the molecule is Cc1cc(C)c(C)c(S(=O)(=O)NC2(CN)CCCC2)c1C.Cl. The highest BCUT2D eigenvalue weighted by molar-refractivity contribution is 7.89. The molecule has 1 fully saturated rings. The van der Waals surface area contributed by atoms with Crippen LogP contribution < -0.4 is 10.5 Å². The Hall–Kier alpha value is -0.620. The number of halogens is 1. The number of rotatable bonds is 4. The van der Waals surface area contributed by atoms with Crippen LogP contribution in [0.3, 0.4) is 0 Å². The Bertz CT molecular complexity index is 624. The van der Waals surface area contributed by atoms with E-state index in [1.807, 2.05) is 33.8 Å². The Kier molecular flexibility index (Phi) is 6.07. The molecule has 4 nitrogen and oxygen atoms in total. The predicted molar refractivity (Wildman–Crippen MR) is 93.2 cm³/mol. The number of hydrogen-bond donors (Lipinski definition) is 2. The predicted octanol–water partition coefficient (Wildman–Crippen LogP) is 2.89. The van der Waals surface area contributed by atoms with E-state index < -0.39 is 15.6 Å². The molecule has 0 unspecified atom stereocenters. The van der Waals surface area contributed by atoms with Crippen LogP contribution in [0.4, 0.5) is 0 Å². The lowest BCUT2D eigenvalue weighted by molar-refractivity contribution is 0.399. The highest BCUT2D eigenvalue weighted by Crippen LogP contribution is 2.32. The first-order chi connectivity index (χ1) is 9.72. The third-order valence-corrected chi connectivity index (χ3v) is 6.72. The Morgan fingerprint density at radius 1 is 1.09 bits per heavy atom. The van der Waals surface area contributed by atoms with Crippen LogP contribution >= 0.6 is 12.4 Å². The molecule has 2 rings (SSSR count). The van der Waals surface area contributed by atoms with Crippen molar-refractivity contribution in [1.29, 1.82) is 0 Å². The van der Waals surface area contributed by atoms with Gasteiger partial charge in [-0.3, -0.25) is 0 Å². The fourth-order valence-electron chi connectivity index (χ4n) is 3.32. The van der Waals surface area contributed by atoms with Gasteiger partial charge in [0.1, 0.15) is 0 Å². The summed E-state index contributed by atoms with van der Waals surface area (Å²) in [4.78, 5) is 0.430. The fraction of sp³-hybridized carbons (Fsp3) is 0.625. The maximum absolute atomic E-state index is 12.9. The summed E-state index contributed by atoms with van der Waals surface area (Å²) in [5.41, 5.74) is 9.07. The van der Waals surface area contributed by atoms with E-state index in [9.17, 15) is 8.42 Å². The largest absolute Gasteiger partial charge is 0.329 e. The number of sulfonamides is 1. The van der Waals surface area contributed by atoms with Crippen molar-refractivity contribution in [2.45, 2.75) is 63.8 Å². The van der Waals surface area contributed by atoms with Gasteiger partial charge in [0.25, 0.3) is 0 Å². The highest BCUT2D eigenvalue weighted by atomic mass is 35.5. The van der Waals surface area contributed by atoms with E-state index in [1.54, 1.807) is 0 Å². The summed E-state index contributed by atoms with van der Waals surface area (Å²) in [6, 6.07) is 2.04. The highest BCUT2D eigenvalue weighted by Gasteiger charge is 2.37. The maximum Gasteiger partial charge on any atom is 0.241 e. The second-order valence-corrected chi connectivity index (χ2v) is 8.01. The van der Waals surface area contributed by atoms with E-state index in [0.717, 1.165) is 47.9 Å². The van der Waals surface area contributed by atoms with Gasteiger partial charge < -0.3 is 5.73 Å². The van der Waals surface area contributed by atoms with E-state index in [-0.39, 0.29) is 12.4 Å². The summed E-state index contributed by atoms with van der Waals surface area (Å²) in [6.45, 7) is 8.01. The molecule has 126 valence electrons. The standard InChI is InChI=1S/C16H26N2O2S.ClH/c1-11-9-12(2)14(4)15(13(11)3)21(19,20)18-16(10-17)7-5-6-8-16;/h9,18H,5-8,10,17H2,1-4H3;1H. The van der Waals surface area contributed by atoms with Crippen molar-refractivity contribution in [2.24, 2.45) is 5.73 Å². The molecule has 0 bridgehead atoms. The van der Waals surface area contributed by atoms with Gasteiger partial charge >= 0.3 is 0 Å². The van der Waals surface area contributed by atoms with Gasteiger partial charge in [0, 0.05) is 12.1 Å². The molecular weight excluding hydrogens is 320 g/mol. The first-order valence-electron chi connectivity index (χ1n) is 7.54. The molecule has 0 amide bonds. The average molecular weight is 347 g/mol. The van der Waals surface area contributed by atoms with Crippen molar-refractivity contribution in [2.75, 3.05) is 6.54 Å². The van der Waals surface area contributed by atoms with Gasteiger partial charge in [-0.05, 0) is 62.8 Å². The van der Waals surface area contributed by atoms with Crippen LogP contribution in [0, 0.1) is 27.7 Å². The van der Waals surface area contributed by atoms with E-state index in [1.165, 1.54) is 0 Å². The molecule has 22 heavy (non-hydrogen) atoms. The Morgan fingerprint density at radius 3 is 1.95 bits per heavy atom. The third-order valence-electron chi connectivity index (χ3n) is 4.87. The molecular formula is C16H27ClN2O2S. The van der Waals surface area contributed by atoms with E-state index in [2.05, 4.69) is 4.72 Å². The molecule has 6 heteroatoms. The van der Waals surface area contributed by atoms with Gasteiger partial charge in [0.15, 0.2) is 0 Å². The fourth-order valence-corrected chi connectivity index (χ4v) is 5.41. The number of nitrogens with one attached hydrogen (secondary N) is 1. The van der Waals surface area contributed by atoms with Gasteiger partial charge in [0.05, 0.1) is 4.90 Å². The minimum Gasteiger partial charge on any atom is -0.329 e. The topological polar surface area (TPSA) is 72.2 Å². The molecule has 0 saturated heterocycles. The molecule has 0 aromatic heterocycles. The van der Waals surface area contributed by atoms with E-state index in [4.69, 9.17) is 5.73 Å². The minimum atomic E-state index is -3.55. The van der Waals surface area contributed by atoms with Crippen LogP contribution in [-0.4, -0.2) is 20.5 Å². The Morgan fingerprint density at radius 2 is 1.55 bits per heavy atom. The molecule has 1 aliphatic rings. The van der Waals surface area contributed by atoms with Crippen LogP contribution in [-0.2, 0) is 10.0 Å². The molecule has 1 aliphatic carbocycles. The average Bonchev–Trinajstić information content (AvgIpc) is 2.85. The number of hydrogen-bond acceptors (Lipinski definition) is 3. The molecule has 0 atom stereocenters. The van der Waals surface area contributed by atoms with Crippen LogP contribution in [0.2, 0.25) is 0 Å². The van der Waals surface area contributed by atoms with Crippen molar-refractivity contribution in [3.05, 3.63) is 28.3 Å². The first kappa shape index (κ1) is 19.4. The summed E-state index contributed by atoms with van der Waals surface area (Å²) < 4.78 is 28.8. The lowest BCUT2D eigenvalue weighted by atomic mass is 10.0. The van der Waals surface area contributed by atoms with E-state index in [0.29, 0.717) is 11.4 Å². The zero-order valence-corrected chi connectivity index (χ0v) is 15.5. The number of benzene rings is 1. The van der Waals surface area contributed by atoms with Crippen molar-refractivity contribution < 1.29 is 8.42 Å². The quantitative estimate of drug-likeness (QED) is 0.880. The molecule has 1 aromatic carbocycles. The van der Waals surface area contributed by atoms with Crippen molar-refractivity contribution in [3.63, 3.8) is 0 Å². The Labute approximate surface area is 140 Å². The monoisotopic (exact) mass is 346 g/mol. The normalized spacial score (nSPS) is 17.3. The van der Waals surface area contributed by atoms with E-state index >= 15 is 0 Å². The molecule has 1 aromatic rings. The Balaban J connectivity index is 0.00000242. The van der Waals surface area contributed by atoms with Crippen LogP contribution in [0.25, 0.3) is 0 Å². The maximum atomic E-state index is 12.9. The first-order valence-corrected chi connectivity index (χ1v) is 9.02. The van der Waals surface area contributed by atoms with Gasteiger partial charge in [-0.1, -0.05) is 18.9 Å². The van der Waals surface area contributed by atoms with Crippen LogP contribution in [0.5, 0.6) is 0 Å². The second kappa shape index (κ2) is 6.87. The lowest BCUT2D eigenvalue weighted by Crippen LogP contribution is -2.51. The van der Waals surface area contributed by atoms with Crippen LogP contribution in [0.15, 0.2) is 11.0 Å². The molecule has 0 radical (unpaired) electrons. The molecule has 3 N–H and O–H groups in total. The molecule has 1 saturated carbocycles. The van der Waals surface area contributed by atoms with Gasteiger partial charge in [-0.25, -0.2) is 13.1 Å². The molecule has 0 heterocycles. The summed E-state index contributed by atoms with van der Waals surface area (Å²) >= 11 is 0. The molecule has 0 spiro atoms. The minimum absolute atomic E-state index is 0. The van der Waals surface area contributed by atoms with Gasteiger partial charge in [-0.2, -0.15) is 0 Å². The zero-order valence-electron chi connectivity index (χ0n) is 13.8. The summed E-state index contributed by atoms with van der Waals surface area (Å²) in [7, 11) is -3.55. The summed E-state index contributed by atoms with van der Waals surface area (Å²) in [6.07, 6.45) is 3.71. The third kappa shape index (κ3) is 3.48.